The first kappa shape index (κ1) is 21.0. The molecule has 5 nitrogen and oxygen atoms in total. The number of amides is 1. The molecule has 2 heterocycles. The minimum Gasteiger partial charge on any atom is -0.437 e. The van der Waals surface area contributed by atoms with Crippen LogP contribution >= 0.6 is 0 Å². The van der Waals surface area contributed by atoms with Gasteiger partial charge in [-0.2, -0.15) is 13.2 Å². The molecular weight excluding hydrogens is 414 g/mol. The average Bonchev–Trinajstić information content (AvgIpc) is 3.05. The number of nitrogens with zero attached hydrogens (tertiary/aromatic N) is 2. The number of carbonyl (C=O) groups is 1. The number of carbonyl (C=O) groups excluding carboxylic acids is 1. The van der Waals surface area contributed by atoms with E-state index in [0.717, 1.165) is 12.1 Å². The number of halogens is 4. The molecule has 1 N–H and O–H groups in total. The second-order valence-electron chi connectivity index (χ2n) is 7.29. The Labute approximate surface area is 175 Å². The molecule has 0 saturated carbocycles. The Morgan fingerprint density at radius 3 is 2.65 bits per heavy atom. The molecule has 0 aliphatic carbocycles. The monoisotopic (exact) mass is 433 g/mol. The van der Waals surface area contributed by atoms with Crippen LogP contribution in [0.5, 0.6) is 0 Å². The molecule has 2 aromatic carbocycles. The number of nitrogens with one attached hydrogen (secondary N) is 1. The summed E-state index contributed by atoms with van der Waals surface area (Å²) in [4.78, 5) is 18.7. The van der Waals surface area contributed by atoms with Crippen LogP contribution in [0.1, 0.15) is 33.3 Å². The van der Waals surface area contributed by atoms with E-state index >= 15 is 0 Å². The van der Waals surface area contributed by atoms with Gasteiger partial charge in [-0.25, -0.2) is 9.37 Å². The van der Waals surface area contributed by atoms with Gasteiger partial charge < -0.3 is 9.73 Å². The lowest BCUT2D eigenvalue weighted by Crippen LogP contribution is -2.26. The van der Waals surface area contributed by atoms with Gasteiger partial charge in [-0.3, -0.25) is 9.69 Å². The Morgan fingerprint density at radius 2 is 1.87 bits per heavy atom. The number of fused-ring (bicyclic) bond motifs is 1. The number of aromatic nitrogens is 1. The Kier molecular flexibility index (Phi) is 5.77. The normalized spacial score (nSPS) is 14.7. The molecule has 0 spiro atoms. The van der Waals surface area contributed by atoms with E-state index in [1.165, 1.54) is 18.2 Å². The van der Waals surface area contributed by atoms with Gasteiger partial charge in [0.1, 0.15) is 11.6 Å². The van der Waals surface area contributed by atoms with Crippen molar-refractivity contribution in [2.75, 3.05) is 18.4 Å². The maximum absolute atomic E-state index is 13.9. The zero-order chi connectivity index (χ0) is 22.0. The molecule has 0 atom stereocenters. The molecule has 1 aromatic heterocycles. The summed E-state index contributed by atoms with van der Waals surface area (Å²) in [7, 11) is 0. The predicted octanol–water partition coefficient (Wildman–Crippen LogP) is 4.69. The summed E-state index contributed by atoms with van der Waals surface area (Å²) in [5.74, 6) is -0.596. The summed E-state index contributed by atoms with van der Waals surface area (Å²) < 4.78 is 58.0. The summed E-state index contributed by atoms with van der Waals surface area (Å²) in [5, 5.41) is 2.40. The van der Waals surface area contributed by atoms with E-state index in [1.54, 1.807) is 18.2 Å². The number of anilines is 1. The minimum atomic E-state index is -4.50. The maximum Gasteiger partial charge on any atom is 0.416 e. The van der Waals surface area contributed by atoms with Crippen molar-refractivity contribution in [3.63, 3.8) is 0 Å². The number of hydrogen-bond acceptors (Lipinski definition) is 4. The highest BCUT2D eigenvalue weighted by molar-refractivity contribution is 6.01. The fourth-order valence-electron chi connectivity index (χ4n) is 3.49. The molecule has 1 amide bonds. The van der Waals surface area contributed by atoms with Crippen molar-refractivity contribution in [2.24, 2.45) is 0 Å². The largest absolute Gasteiger partial charge is 0.437 e. The van der Waals surface area contributed by atoms with E-state index in [1.807, 2.05) is 0 Å². The first-order valence-corrected chi connectivity index (χ1v) is 9.72. The Balaban J connectivity index is 1.41. The van der Waals surface area contributed by atoms with Gasteiger partial charge in [-0.1, -0.05) is 24.3 Å². The van der Waals surface area contributed by atoms with Gasteiger partial charge in [0.15, 0.2) is 0 Å². The molecule has 1 aliphatic heterocycles. The summed E-state index contributed by atoms with van der Waals surface area (Å²) in [5.41, 5.74) is 0.382. The quantitative estimate of drug-likeness (QED) is 0.607. The van der Waals surface area contributed by atoms with Crippen LogP contribution in [0.15, 0.2) is 52.9 Å². The molecule has 0 saturated heterocycles. The fraction of sp³-hybridized carbons (Fsp3) is 0.273. The van der Waals surface area contributed by atoms with Gasteiger partial charge in [-0.05, 0) is 24.3 Å². The lowest BCUT2D eigenvalue weighted by molar-refractivity contribution is -0.137. The lowest BCUT2D eigenvalue weighted by Gasteiger charge is -2.19. The molecule has 0 fully saturated rings. The smallest absolute Gasteiger partial charge is 0.416 e. The highest BCUT2D eigenvalue weighted by Crippen LogP contribution is 2.30. The van der Waals surface area contributed by atoms with Crippen molar-refractivity contribution in [1.82, 2.24) is 9.88 Å². The Bertz CT molecular complexity index is 1070. The Morgan fingerprint density at radius 1 is 1.10 bits per heavy atom. The molecule has 3 aromatic rings. The number of alkyl halides is 3. The third-order valence-corrected chi connectivity index (χ3v) is 5.09. The van der Waals surface area contributed by atoms with Crippen LogP contribution in [0.2, 0.25) is 0 Å². The lowest BCUT2D eigenvalue weighted by atomic mass is 10.2. The number of rotatable bonds is 4. The maximum atomic E-state index is 13.9. The zero-order valence-electron chi connectivity index (χ0n) is 16.4. The molecule has 1 aliphatic rings. The van der Waals surface area contributed by atoms with E-state index in [-0.39, 0.29) is 17.4 Å². The third-order valence-electron chi connectivity index (χ3n) is 5.09. The van der Waals surface area contributed by atoms with Crippen LogP contribution in [0, 0.1) is 5.82 Å². The van der Waals surface area contributed by atoms with Crippen molar-refractivity contribution in [1.29, 1.82) is 0 Å². The van der Waals surface area contributed by atoms with Crippen LogP contribution in [-0.2, 0) is 25.6 Å². The average molecular weight is 433 g/mol. The second kappa shape index (κ2) is 8.50. The molecule has 9 heteroatoms. The van der Waals surface area contributed by atoms with Crippen LogP contribution in [0.4, 0.5) is 23.2 Å². The van der Waals surface area contributed by atoms with Crippen LogP contribution in [0.25, 0.3) is 0 Å². The summed E-state index contributed by atoms with van der Waals surface area (Å²) in [6, 6.07) is 11.0. The summed E-state index contributed by atoms with van der Waals surface area (Å²) in [6.45, 7) is 1.67. The molecule has 4 rings (SSSR count). The van der Waals surface area contributed by atoms with Crippen LogP contribution in [-0.4, -0.2) is 28.9 Å². The van der Waals surface area contributed by atoms with Crippen LogP contribution in [0.3, 0.4) is 0 Å². The van der Waals surface area contributed by atoms with E-state index in [4.69, 9.17) is 4.42 Å². The van der Waals surface area contributed by atoms with Crippen molar-refractivity contribution in [2.45, 2.75) is 25.6 Å². The van der Waals surface area contributed by atoms with E-state index in [9.17, 15) is 22.4 Å². The predicted molar refractivity (Wildman–Crippen MR) is 105 cm³/mol. The van der Waals surface area contributed by atoms with Gasteiger partial charge in [0.05, 0.1) is 11.3 Å². The fourth-order valence-corrected chi connectivity index (χ4v) is 3.49. The topological polar surface area (TPSA) is 58.4 Å². The van der Waals surface area contributed by atoms with Crippen molar-refractivity contribution >= 4 is 11.6 Å². The SMILES string of the molecule is O=C(Nc1cccc(C(F)(F)F)c1)c1nc2c(o1)CCN(Cc1ccccc1F)CC2. The van der Waals surface area contributed by atoms with Gasteiger partial charge in [0.25, 0.3) is 5.89 Å². The second-order valence-corrected chi connectivity index (χ2v) is 7.29. The Hall–Kier alpha value is -3.20. The zero-order valence-corrected chi connectivity index (χ0v) is 16.4. The van der Waals surface area contributed by atoms with Gasteiger partial charge in [-0.15, -0.1) is 0 Å². The highest BCUT2D eigenvalue weighted by atomic mass is 19.4. The van der Waals surface area contributed by atoms with E-state index in [2.05, 4.69) is 15.2 Å². The van der Waals surface area contributed by atoms with Gasteiger partial charge in [0.2, 0.25) is 0 Å². The minimum absolute atomic E-state index is 0.00396. The van der Waals surface area contributed by atoms with Crippen LogP contribution < -0.4 is 5.32 Å². The molecule has 0 unspecified atom stereocenters. The summed E-state index contributed by atoms with van der Waals surface area (Å²) in [6.07, 6.45) is -3.49. The highest BCUT2D eigenvalue weighted by Gasteiger charge is 2.31. The third kappa shape index (κ3) is 4.93. The molecular formula is C22H19F4N3O2. The first-order chi connectivity index (χ1) is 14.8. The molecule has 0 radical (unpaired) electrons. The molecule has 162 valence electrons. The summed E-state index contributed by atoms with van der Waals surface area (Å²) >= 11 is 0. The van der Waals surface area contributed by atoms with Gasteiger partial charge in [0, 0.05) is 43.7 Å². The number of hydrogen-bond donors (Lipinski definition) is 1. The number of oxazole rings is 1. The van der Waals surface area contributed by atoms with Crippen molar-refractivity contribution < 1.29 is 26.8 Å². The van der Waals surface area contributed by atoms with Crippen molar-refractivity contribution in [3.05, 3.63) is 82.8 Å². The first-order valence-electron chi connectivity index (χ1n) is 9.72. The van der Waals surface area contributed by atoms with Crippen molar-refractivity contribution in [3.8, 4) is 0 Å². The van der Waals surface area contributed by atoms with E-state index < -0.39 is 17.6 Å². The molecule has 31 heavy (non-hydrogen) atoms. The van der Waals surface area contributed by atoms with E-state index in [0.29, 0.717) is 49.5 Å². The standard InChI is InChI=1S/C22H19F4N3O2/c23-17-7-2-1-4-14(17)13-29-10-8-18-19(9-11-29)31-21(28-18)20(30)27-16-6-3-5-15(12-16)22(24,25)26/h1-7,12H,8-11,13H2,(H,27,30). The number of benzene rings is 2. The van der Waals surface area contributed by atoms with Gasteiger partial charge >= 0.3 is 12.1 Å². The molecule has 0 bridgehead atoms.